The Labute approximate surface area is 172 Å². The predicted octanol–water partition coefficient (Wildman–Crippen LogP) is 3.17. The molecule has 1 amide bonds. The van der Waals surface area contributed by atoms with Crippen molar-refractivity contribution in [1.29, 1.82) is 0 Å². The lowest BCUT2D eigenvalue weighted by Gasteiger charge is -2.14. The molecule has 0 atom stereocenters. The molecule has 9 heteroatoms. The van der Waals surface area contributed by atoms with Crippen LogP contribution in [-0.2, 0) is 27.2 Å². The smallest absolute Gasteiger partial charge is 0.347 e. The molecular weight excluding hydrogens is 419 g/mol. The zero-order valence-corrected chi connectivity index (χ0v) is 16.9. The van der Waals surface area contributed by atoms with E-state index in [0.717, 1.165) is 18.4 Å². The summed E-state index contributed by atoms with van der Waals surface area (Å²) in [7, 11) is -3.57. The summed E-state index contributed by atoms with van der Waals surface area (Å²) < 4.78 is 60.3. The quantitative estimate of drug-likeness (QED) is 0.672. The number of alkyl halides is 3. The van der Waals surface area contributed by atoms with Crippen LogP contribution in [0.1, 0.15) is 39.9 Å². The molecule has 2 aromatic carbocycles. The minimum absolute atomic E-state index is 0.233. The molecule has 0 aromatic heterocycles. The third-order valence-electron chi connectivity index (χ3n) is 5.23. The van der Waals surface area contributed by atoms with Crippen LogP contribution in [0.15, 0.2) is 48.5 Å². The zero-order valence-electron chi connectivity index (χ0n) is 16.1. The fourth-order valence-corrected chi connectivity index (χ4v) is 4.53. The Hall–Kier alpha value is -2.68. The summed E-state index contributed by atoms with van der Waals surface area (Å²) in [4.78, 5) is 24.9. The summed E-state index contributed by atoms with van der Waals surface area (Å²) in [6.45, 7) is -0.361. The van der Waals surface area contributed by atoms with E-state index in [2.05, 4.69) is 5.32 Å². The van der Waals surface area contributed by atoms with Gasteiger partial charge >= 0.3 is 6.18 Å². The monoisotopic (exact) mass is 439 g/mol. The van der Waals surface area contributed by atoms with Crippen molar-refractivity contribution in [2.24, 2.45) is 0 Å². The number of sulfone groups is 1. The SMILES string of the molecule is CS(=O)(=O)C1(C(=O)NCC(=O)c2ccccc2Cc2ccc(C(F)(F)F)cc2)CC1. The fraction of sp³-hybridized carbons (Fsp3) is 0.333. The third kappa shape index (κ3) is 4.56. The second-order valence-electron chi connectivity index (χ2n) is 7.40. The topological polar surface area (TPSA) is 80.3 Å². The maximum atomic E-state index is 12.7. The summed E-state index contributed by atoms with van der Waals surface area (Å²) in [5.74, 6) is -1.09. The summed E-state index contributed by atoms with van der Waals surface area (Å²) in [5, 5.41) is 2.41. The van der Waals surface area contributed by atoms with Gasteiger partial charge in [-0.25, -0.2) is 8.42 Å². The molecule has 0 radical (unpaired) electrons. The fourth-order valence-electron chi connectivity index (χ4n) is 3.27. The van der Waals surface area contributed by atoms with Gasteiger partial charge in [0.25, 0.3) is 0 Å². The Morgan fingerprint density at radius 2 is 1.63 bits per heavy atom. The van der Waals surface area contributed by atoms with Gasteiger partial charge in [-0.3, -0.25) is 9.59 Å². The molecule has 5 nitrogen and oxygen atoms in total. The summed E-state index contributed by atoms with van der Waals surface area (Å²) in [6, 6.07) is 11.3. The van der Waals surface area contributed by atoms with Gasteiger partial charge in [-0.2, -0.15) is 13.2 Å². The molecule has 0 spiro atoms. The molecular formula is C21H20F3NO4S. The van der Waals surface area contributed by atoms with E-state index in [1.54, 1.807) is 24.3 Å². The van der Waals surface area contributed by atoms with Crippen LogP contribution in [-0.4, -0.2) is 37.7 Å². The van der Waals surface area contributed by atoms with Crippen molar-refractivity contribution in [2.45, 2.75) is 30.2 Å². The third-order valence-corrected chi connectivity index (χ3v) is 7.24. The number of carbonyl (C=O) groups is 2. The van der Waals surface area contributed by atoms with Crippen LogP contribution in [0.4, 0.5) is 13.2 Å². The highest BCUT2D eigenvalue weighted by Gasteiger charge is 2.58. The number of benzene rings is 2. The number of hydrogen-bond acceptors (Lipinski definition) is 4. The van der Waals surface area contributed by atoms with Crippen LogP contribution in [0.3, 0.4) is 0 Å². The van der Waals surface area contributed by atoms with Gasteiger partial charge in [0.15, 0.2) is 20.4 Å². The largest absolute Gasteiger partial charge is 0.416 e. The Morgan fingerprint density at radius 3 is 2.17 bits per heavy atom. The standard InChI is InChI=1S/C21H20F3NO4S/c1-30(28,29)20(10-11-20)19(27)25-13-18(26)17-5-3-2-4-15(17)12-14-6-8-16(9-7-14)21(22,23)24/h2-9H,10-13H2,1H3,(H,25,27). The molecule has 0 unspecified atom stereocenters. The van der Waals surface area contributed by atoms with Crippen molar-refractivity contribution < 1.29 is 31.2 Å². The molecule has 1 aliphatic rings. The van der Waals surface area contributed by atoms with E-state index in [0.29, 0.717) is 16.7 Å². The molecule has 1 aliphatic carbocycles. The number of halogens is 3. The number of nitrogens with one attached hydrogen (secondary N) is 1. The molecule has 30 heavy (non-hydrogen) atoms. The van der Waals surface area contributed by atoms with Crippen LogP contribution in [0.5, 0.6) is 0 Å². The lowest BCUT2D eigenvalue weighted by molar-refractivity contribution is -0.137. The lowest BCUT2D eigenvalue weighted by atomic mass is 9.96. The number of carbonyl (C=O) groups excluding carboxylic acids is 2. The van der Waals surface area contributed by atoms with E-state index >= 15 is 0 Å². The highest BCUT2D eigenvalue weighted by molar-refractivity contribution is 7.93. The number of Topliss-reactive ketones (excluding diaryl/α,β-unsaturated/α-hetero) is 1. The van der Waals surface area contributed by atoms with E-state index in [-0.39, 0.29) is 25.8 Å². The van der Waals surface area contributed by atoms with Gasteiger partial charge in [-0.05, 0) is 42.5 Å². The first-order chi connectivity index (χ1) is 13.9. The minimum Gasteiger partial charge on any atom is -0.347 e. The molecule has 160 valence electrons. The van der Waals surface area contributed by atoms with Gasteiger partial charge in [0, 0.05) is 11.8 Å². The lowest BCUT2D eigenvalue weighted by Crippen LogP contribution is -2.43. The molecule has 0 aliphatic heterocycles. The zero-order chi connectivity index (χ0) is 22.2. The van der Waals surface area contributed by atoms with Gasteiger partial charge in [-0.15, -0.1) is 0 Å². The van der Waals surface area contributed by atoms with Gasteiger partial charge in [0.05, 0.1) is 12.1 Å². The molecule has 3 rings (SSSR count). The molecule has 0 bridgehead atoms. The predicted molar refractivity (Wildman–Crippen MR) is 105 cm³/mol. The van der Waals surface area contributed by atoms with Crippen LogP contribution in [0, 0.1) is 0 Å². The highest BCUT2D eigenvalue weighted by atomic mass is 32.2. The van der Waals surface area contributed by atoms with Crippen molar-refractivity contribution in [2.75, 3.05) is 12.8 Å². The number of ketones is 1. The summed E-state index contributed by atoms with van der Waals surface area (Å²) in [5.41, 5.74) is 0.766. The normalized spacial score (nSPS) is 15.5. The minimum atomic E-state index is -4.42. The molecule has 1 fully saturated rings. The Balaban J connectivity index is 1.70. The Bertz CT molecular complexity index is 1070. The summed E-state index contributed by atoms with van der Waals surface area (Å²) in [6.07, 6.45) is -2.72. The second kappa shape index (κ2) is 7.86. The first kappa shape index (κ1) is 22.0. The van der Waals surface area contributed by atoms with Crippen molar-refractivity contribution in [3.63, 3.8) is 0 Å². The molecule has 1 N–H and O–H groups in total. The van der Waals surface area contributed by atoms with Crippen LogP contribution >= 0.6 is 0 Å². The average Bonchev–Trinajstić information content (AvgIpc) is 3.48. The van der Waals surface area contributed by atoms with E-state index in [9.17, 15) is 31.2 Å². The van der Waals surface area contributed by atoms with Crippen molar-refractivity contribution >= 4 is 21.5 Å². The molecule has 0 saturated heterocycles. The maximum absolute atomic E-state index is 12.7. The first-order valence-corrected chi connectivity index (χ1v) is 11.1. The molecule has 2 aromatic rings. The maximum Gasteiger partial charge on any atom is 0.416 e. The van der Waals surface area contributed by atoms with E-state index < -0.39 is 38.0 Å². The Morgan fingerprint density at radius 1 is 1.03 bits per heavy atom. The van der Waals surface area contributed by atoms with Crippen molar-refractivity contribution in [3.8, 4) is 0 Å². The van der Waals surface area contributed by atoms with E-state index in [1.165, 1.54) is 12.1 Å². The average molecular weight is 439 g/mol. The van der Waals surface area contributed by atoms with E-state index in [4.69, 9.17) is 0 Å². The number of amides is 1. The number of rotatable bonds is 7. The second-order valence-corrected chi connectivity index (χ2v) is 9.73. The van der Waals surface area contributed by atoms with Gasteiger partial charge in [0.2, 0.25) is 5.91 Å². The van der Waals surface area contributed by atoms with Crippen LogP contribution < -0.4 is 5.32 Å². The Kier molecular flexibility index (Phi) is 5.77. The number of hydrogen-bond donors (Lipinski definition) is 1. The van der Waals surface area contributed by atoms with Crippen LogP contribution in [0.2, 0.25) is 0 Å². The van der Waals surface area contributed by atoms with Crippen LogP contribution in [0.25, 0.3) is 0 Å². The van der Waals surface area contributed by atoms with Crippen molar-refractivity contribution in [1.82, 2.24) is 5.32 Å². The molecule has 1 saturated carbocycles. The van der Waals surface area contributed by atoms with Crippen molar-refractivity contribution in [3.05, 3.63) is 70.8 Å². The summed E-state index contributed by atoms with van der Waals surface area (Å²) >= 11 is 0. The van der Waals surface area contributed by atoms with Gasteiger partial charge in [0.1, 0.15) is 0 Å². The molecule has 0 heterocycles. The van der Waals surface area contributed by atoms with Gasteiger partial charge < -0.3 is 5.32 Å². The highest BCUT2D eigenvalue weighted by Crippen LogP contribution is 2.43. The first-order valence-electron chi connectivity index (χ1n) is 9.19. The van der Waals surface area contributed by atoms with Gasteiger partial charge in [-0.1, -0.05) is 36.4 Å². The van der Waals surface area contributed by atoms with E-state index in [1.807, 2.05) is 0 Å².